The normalized spacial score (nSPS) is 24.4. The molecule has 4 heterocycles. The lowest BCUT2D eigenvalue weighted by Crippen LogP contribution is -2.50. The molecule has 1 N–H and O–H groups in total. The number of nitrogens with one attached hydrogen (secondary N) is 1. The molecule has 5 rings (SSSR count). The summed E-state index contributed by atoms with van der Waals surface area (Å²) in [5.41, 5.74) is 0.630. The first-order valence-electron chi connectivity index (χ1n) is 12.7. The second kappa shape index (κ2) is 10.2. The number of hydroxylamine groups is 2. The Morgan fingerprint density at radius 3 is 2.69 bits per heavy atom. The van der Waals surface area contributed by atoms with Gasteiger partial charge in [-0.15, -0.1) is 10.2 Å². The molecule has 194 valence electrons. The van der Waals surface area contributed by atoms with Gasteiger partial charge in [0.25, 0.3) is 0 Å². The van der Waals surface area contributed by atoms with Gasteiger partial charge >= 0.3 is 6.09 Å². The highest BCUT2D eigenvalue weighted by atomic mass is 16.7. The van der Waals surface area contributed by atoms with Crippen LogP contribution in [0.1, 0.15) is 57.0 Å². The Kier molecular flexibility index (Phi) is 7.00. The van der Waals surface area contributed by atoms with Crippen LogP contribution in [0.3, 0.4) is 0 Å². The predicted molar refractivity (Wildman–Crippen MR) is 132 cm³/mol. The molecule has 1 amide bonds. The van der Waals surface area contributed by atoms with Crippen LogP contribution >= 0.6 is 0 Å². The van der Waals surface area contributed by atoms with E-state index in [0.717, 1.165) is 39.1 Å². The van der Waals surface area contributed by atoms with Gasteiger partial charge in [-0.05, 0) is 39.2 Å². The summed E-state index contributed by atoms with van der Waals surface area (Å²) < 4.78 is 11.4. The average Bonchev–Trinajstić information content (AvgIpc) is 3.38. The molecule has 3 saturated heterocycles. The Morgan fingerprint density at radius 1 is 1.17 bits per heavy atom. The molecule has 3 aliphatic heterocycles. The number of carbonyl (C=O) groups is 1. The van der Waals surface area contributed by atoms with Crippen LogP contribution in [0.5, 0.6) is 0 Å². The maximum Gasteiger partial charge on any atom is 0.413 e. The molecule has 1 aromatic heterocycles. The summed E-state index contributed by atoms with van der Waals surface area (Å²) in [5, 5.41) is 13.5. The molecule has 36 heavy (non-hydrogen) atoms. The van der Waals surface area contributed by atoms with Gasteiger partial charge in [-0.3, -0.25) is 15.1 Å². The van der Waals surface area contributed by atoms with Crippen molar-refractivity contribution < 1.29 is 18.8 Å². The quantitative estimate of drug-likeness (QED) is 0.589. The van der Waals surface area contributed by atoms with Crippen molar-refractivity contribution in [3.63, 3.8) is 0 Å². The van der Waals surface area contributed by atoms with Gasteiger partial charge < -0.3 is 14.1 Å². The summed E-state index contributed by atoms with van der Waals surface area (Å²) in [6, 6.07) is 10.8. The summed E-state index contributed by atoms with van der Waals surface area (Å²) in [6.07, 6.45) is 2.24. The Labute approximate surface area is 212 Å². The second-order valence-corrected chi connectivity index (χ2v) is 10.9. The molecule has 0 radical (unpaired) electrons. The average molecular weight is 497 g/mol. The third kappa shape index (κ3) is 5.88. The summed E-state index contributed by atoms with van der Waals surface area (Å²) in [5.74, 6) is 2.29. The second-order valence-electron chi connectivity index (χ2n) is 10.9. The van der Waals surface area contributed by atoms with Gasteiger partial charge in [-0.25, -0.2) is 4.79 Å². The molecule has 10 nitrogen and oxygen atoms in total. The number of amides is 1. The molecule has 0 spiro atoms. The monoisotopic (exact) mass is 496 g/mol. The van der Waals surface area contributed by atoms with Crippen LogP contribution in [0.25, 0.3) is 0 Å². The van der Waals surface area contributed by atoms with E-state index < -0.39 is 11.7 Å². The zero-order valence-corrected chi connectivity index (χ0v) is 21.4. The van der Waals surface area contributed by atoms with Gasteiger partial charge in [0.1, 0.15) is 11.4 Å². The zero-order chi connectivity index (χ0) is 25.3. The van der Waals surface area contributed by atoms with E-state index in [4.69, 9.17) is 14.0 Å². The lowest BCUT2D eigenvalue weighted by Gasteiger charge is -2.41. The Morgan fingerprint density at radius 2 is 1.94 bits per heavy atom. The number of hydrogen-bond donors (Lipinski definition) is 1. The Balaban J connectivity index is 1.07. The van der Waals surface area contributed by atoms with Gasteiger partial charge in [0.05, 0.1) is 19.3 Å². The minimum atomic E-state index is -0.542. The minimum Gasteiger partial charge on any atom is -0.444 e. The maximum atomic E-state index is 11.9. The van der Waals surface area contributed by atoms with Crippen molar-refractivity contribution in [2.75, 3.05) is 26.3 Å². The molecule has 3 aliphatic rings. The lowest BCUT2D eigenvalue weighted by molar-refractivity contribution is -0.182. The van der Waals surface area contributed by atoms with Crippen molar-refractivity contribution in [1.82, 2.24) is 30.4 Å². The number of hydrogen-bond acceptors (Lipinski definition) is 9. The lowest BCUT2D eigenvalue weighted by atomic mass is 9.96. The van der Waals surface area contributed by atoms with E-state index >= 15 is 0 Å². The summed E-state index contributed by atoms with van der Waals surface area (Å²) in [6.45, 7) is 13.3. The first kappa shape index (κ1) is 24.7. The number of fused-ring (bicyclic) bond motifs is 2. The number of benzene rings is 1. The Hall–Kier alpha value is -2.95. The molecule has 10 heteroatoms. The fourth-order valence-electron chi connectivity index (χ4n) is 5.02. The van der Waals surface area contributed by atoms with E-state index in [1.165, 1.54) is 5.56 Å². The number of ether oxygens (including phenoxy) is 1. The number of aromatic nitrogens is 2. The SMILES string of the molecule is C=C(NC(=O)OC(C)(C)C)N1CC(Cc2nnc([C@@H]3CC[C@@H]4CN3CN4OCc3ccccc3)o2)C1. The molecule has 0 saturated carbocycles. The van der Waals surface area contributed by atoms with Crippen molar-refractivity contribution in [3.8, 4) is 0 Å². The van der Waals surface area contributed by atoms with Crippen LogP contribution in [0.15, 0.2) is 47.1 Å². The molecular weight excluding hydrogens is 460 g/mol. The molecule has 2 bridgehead atoms. The van der Waals surface area contributed by atoms with Gasteiger partial charge in [0.2, 0.25) is 11.8 Å². The highest BCUT2D eigenvalue weighted by Gasteiger charge is 2.42. The van der Waals surface area contributed by atoms with Crippen molar-refractivity contribution in [1.29, 1.82) is 0 Å². The van der Waals surface area contributed by atoms with Gasteiger partial charge in [-0.2, -0.15) is 5.06 Å². The fraction of sp³-hybridized carbons (Fsp3) is 0.577. The van der Waals surface area contributed by atoms with Crippen molar-refractivity contribution in [2.45, 2.75) is 64.3 Å². The largest absolute Gasteiger partial charge is 0.444 e. The highest BCUT2D eigenvalue weighted by Crippen LogP contribution is 2.37. The number of nitrogens with zero attached hydrogens (tertiary/aromatic N) is 5. The third-order valence-corrected chi connectivity index (χ3v) is 6.84. The molecule has 2 aromatic rings. The van der Waals surface area contributed by atoms with Crippen LogP contribution in [-0.4, -0.2) is 69.1 Å². The molecule has 3 fully saturated rings. The first-order valence-corrected chi connectivity index (χ1v) is 12.7. The number of rotatable bonds is 8. The van der Waals surface area contributed by atoms with Crippen molar-refractivity contribution in [3.05, 3.63) is 60.1 Å². The van der Waals surface area contributed by atoms with Crippen LogP contribution in [0.2, 0.25) is 0 Å². The number of alkyl carbamates (subject to hydrolysis) is 1. The van der Waals surface area contributed by atoms with Gasteiger partial charge in [-0.1, -0.05) is 36.9 Å². The Bertz CT molecular complexity index is 1060. The van der Waals surface area contributed by atoms with E-state index in [-0.39, 0.29) is 6.04 Å². The smallest absolute Gasteiger partial charge is 0.413 e. The maximum absolute atomic E-state index is 11.9. The minimum absolute atomic E-state index is 0.128. The van der Waals surface area contributed by atoms with E-state index in [0.29, 0.717) is 42.6 Å². The summed E-state index contributed by atoms with van der Waals surface area (Å²) >= 11 is 0. The van der Waals surface area contributed by atoms with E-state index in [1.54, 1.807) is 0 Å². The molecule has 1 unspecified atom stereocenters. The van der Waals surface area contributed by atoms with Crippen LogP contribution in [0, 0.1) is 5.92 Å². The molecule has 1 aromatic carbocycles. The van der Waals surface area contributed by atoms with Gasteiger partial charge in [0.15, 0.2) is 0 Å². The van der Waals surface area contributed by atoms with Crippen LogP contribution < -0.4 is 5.32 Å². The van der Waals surface area contributed by atoms with Gasteiger partial charge in [0, 0.05) is 38.0 Å². The summed E-state index contributed by atoms with van der Waals surface area (Å²) in [7, 11) is 0. The topological polar surface area (TPSA) is 96.2 Å². The summed E-state index contributed by atoms with van der Waals surface area (Å²) in [4.78, 5) is 22.5. The van der Waals surface area contributed by atoms with E-state index in [1.807, 2.05) is 43.9 Å². The van der Waals surface area contributed by atoms with E-state index in [2.05, 4.69) is 44.2 Å². The molecule has 3 atom stereocenters. The molecule has 0 aliphatic carbocycles. The molecular formula is C26H36N6O4. The van der Waals surface area contributed by atoms with E-state index in [9.17, 15) is 4.79 Å². The number of carbonyl (C=O) groups excluding carboxylic acids is 1. The van der Waals surface area contributed by atoms with Crippen molar-refractivity contribution in [2.24, 2.45) is 5.92 Å². The first-order chi connectivity index (χ1) is 17.2. The zero-order valence-electron chi connectivity index (χ0n) is 21.4. The van der Waals surface area contributed by atoms with Crippen LogP contribution in [-0.2, 0) is 22.6 Å². The fourth-order valence-corrected chi connectivity index (χ4v) is 5.02. The van der Waals surface area contributed by atoms with Crippen molar-refractivity contribution >= 4 is 6.09 Å². The van der Waals surface area contributed by atoms with Crippen LogP contribution in [0.4, 0.5) is 4.79 Å². The standard InChI is InChI=1S/C26H36N6O4/c1-18(27-25(33)36-26(2,3)4)30-13-20(14-30)12-23-28-29-24(35-23)22-11-10-21-15-31(22)17-32(21)34-16-19-8-6-5-7-9-19/h5-9,20-22H,1,10-17H2,2-4H3,(H,27,33)/t21-,22+/m1/s1. The third-order valence-electron chi connectivity index (χ3n) is 6.84. The number of piperidine rings is 1. The predicted octanol–water partition coefficient (Wildman–Crippen LogP) is 3.45. The number of likely N-dealkylation sites (tertiary alicyclic amines) is 1. The highest BCUT2D eigenvalue weighted by molar-refractivity contribution is 5.69.